The first-order valence-corrected chi connectivity index (χ1v) is 6.23. The molecule has 2 heterocycles. The molecule has 0 radical (unpaired) electrons. The van der Waals surface area contributed by atoms with Crippen molar-refractivity contribution in [2.75, 3.05) is 20.2 Å². The number of nitrogens with two attached hydrogens (primary N) is 1. The lowest BCUT2D eigenvalue weighted by Gasteiger charge is -2.33. The lowest BCUT2D eigenvalue weighted by Crippen LogP contribution is -2.42. The second kappa shape index (κ2) is 5.62. The van der Waals surface area contributed by atoms with Gasteiger partial charge in [-0.2, -0.15) is 5.10 Å². The molecule has 0 aromatic carbocycles. The molecule has 2 rings (SSSR count). The molecule has 1 aliphatic rings. The van der Waals surface area contributed by atoms with Gasteiger partial charge in [0.05, 0.1) is 24.5 Å². The van der Waals surface area contributed by atoms with Crippen molar-refractivity contribution >= 4 is 0 Å². The number of aromatic nitrogens is 2. The van der Waals surface area contributed by atoms with Gasteiger partial charge in [-0.05, 0) is 26.0 Å². The van der Waals surface area contributed by atoms with E-state index in [2.05, 4.69) is 27.7 Å². The first-order chi connectivity index (χ1) is 8.24. The van der Waals surface area contributed by atoms with Crippen LogP contribution in [0.4, 0.5) is 0 Å². The van der Waals surface area contributed by atoms with E-state index in [9.17, 15) is 0 Å². The van der Waals surface area contributed by atoms with Crippen LogP contribution in [-0.2, 0) is 24.4 Å². The van der Waals surface area contributed by atoms with Crippen molar-refractivity contribution in [2.24, 2.45) is 5.73 Å². The summed E-state index contributed by atoms with van der Waals surface area (Å²) in [5, 5.41) is 4.55. The van der Waals surface area contributed by atoms with Crippen LogP contribution in [0.5, 0.6) is 0 Å². The zero-order chi connectivity index (χ0) is 12.3. The minimum absolute atomic E-state index is 0.532. The average Bonchev–Trinajstić information content (AvgIpc) is 2.68. The number of hydrogen-bond donors (Lipinski definition) is 1. The van der Waals surface area contributed by atoms with Crippen LogP contribution in [0.1, 0.15) is 24.7 Å². The van der Waals surface area contributed by atoms with Crippen LogP contribution in [0.2, 0.25) is 0 Å². The normalized spacial score (nSPS) is 20.5. The quantitative estimate of drug-likeness (QED) is 0.815. The average molecular weight is 238 g/mol. The van der Waals surface area contributed by atoms with E-state index in [4.69, 9.17) is 10.5 Å². The van der Waals surface area contributed by atoms with Crippen LogP contribution in [0, 0.1) is 0 Å². The molecule has 0 unspecified atom stereocenters. The summed E-state index contributed by atoms with van der Waals surface area (Å²) in [6.07, 6.45) is 1.06. The third-order valence-electron chi connectivity index (χ3n) is 3.28. The number of nitrogens with zero attached hydrogens (tertiary/aromatic N) is 3. The van der Waals surface area contributed by atoms with Crippen LogP contribution >= 0.6 is 0 Å². The molecule has 0 fully saturated rings. The lowest BCUT2D eigenvalue weighted by molar-refractivity contribution is 0.143. The Bertz CT molecular complexity index is 363. The summed E-state index contributed by atoms with van der Waals surface area (Å²) in [4.78, 5) is 2.47. The molecule has 0 spiro atoms. The Kier molecular flexibility index (Phi) is 4.15. The molecule has 5 nitrogen and oxygen atoms in total. The van der Waals surface area contributed by atoms with Gasteiger partial charge in [-0.1, -0.05) is 0 Å². The highest BCUT2D eigenvalue weighted by atomic mass is 16.5. The molecule has 5 heteroatoms. The molecule has 0 saturated carbocycles. The van der Waals surface area contributed by atoms with Gasteiger partial charge in [0.1, 0.15) is 0 Å². The van der Waals surface area contributed by atoms with E-state index >= 15 is 0 Å². The molecule has 2 N–H and O–H groups in total. The second-order valence-corrected chi connectivity index (χ2v) is 4.70. The maximum atomic E-state index is 5.57. The van der Waals surface area contributed by atoms with E-state index < -0.39 is 0 Å². The number of methoxy groups -OCH3 is 1. The molecule has 0 amide bonds. The molecule has 0 aliphatic carbocycles. The number of rotatable bonds is 5. The summed E-state index contributed by atoms with van der Waals surface area (Å²) < 4.78 is 7.23. The fraction of sp³-hybridized carbons (Fsp3) is 0.750. The predicted octanol–water partition coefficient (Wildman–Crippen LogP) is 0.582. The zero-order valence-electron chi connectivity index (χ0n) is 10.7. The maximum absolute atomic E-state index is 5.57. The second-order valence-electron chi connectivity index (χ2n) is 4.70. The van der Waals surface area contributed by atoms with Gasteiger partial charge in [-0.15, -0.1) is 0 Å². The van der Waals surface area contributed by atoms with Gasteiger partial charge in [0.15, 0.2) is 0 Å². The SMILES string of the molecule is COCc1cc2n(n1)C[C@H](C)N(CCCN)C2. The Hall–Kier alpha value is -0.910. The molecule has 96 valence electrons. The van der Waals surface area contributed by atoms with Crippen molar-refractivity contribution in [2.45, 2.75) is 39.1 Å². The summed E-state index contributed by atoms with van der Waals surface area (Å²) in [5.74, 6) is 0. The number of fused-ring (bicyclic) bond motifs is 1. The van der Waals surface area contributed by atoms with Crippen LogP contribution in [-0.4, -0.2) is 40.9 Å². The Balaban J connectivity index is 2.05. The highest BCUT2D eigenvalue weighted by molar-refractivity contribution is 5.12. The fourth-order valence-electron chi connectivity index (χ4n) is 2.34. The fourth-order valence-corrected chi connectivity index (χ4v) is 2.34. The van der Waals surface area contributed by atoms with E-state index in [0.29, 0.717) is 12.6 Å². The molecule has 17 heavy (non-hydrogen) atoms. The Morgan fingerprint density at radius 2 is 2.41 bits per heavy atom. The van der Waals surface area contributed by atoms with E-state index in [1.807, 2.05) is 0 Å². The van der Waals surface area contributed by atoms with Gasteiger partial charge in [0.25, 0.3) is 0 Å². The van der Waals surface area contributed by atoms with Crippen molar-refractivity contribution in [1.29, 1.82) is 0 Å². The lowest BCUT2D eigenvalue weighted by atomic mass is 10.2. The number of ether oxygens (including phenoxy) is 1. The van der Waals surface area contributed by atoms with E-state index in [1.54, 1.807) is 7.11 Å². The van der Waals surface area contributed by atoms with Crippen LogP contribution in [0.25, 0.3) is 0 Å². The van der Waals surface area contributed by atoms with Gasteiger partial charge in [0, 0.05) is 26.2 Å². The highest BCUT2D eigenvalue weighted by Crippen LogP contribution is 2.18. The summed E-state index contributed by atoms with van der Waals surface area (Å²) in [5.41, 5.74) is 7.88. The van der Waals surface area contributed by atoms with Crippen molar-refractivity contribution < 1.29 is 4.74 Å². The van der Waals surface area contributed by atoms with Gasteiger partial charge in [0.2, 0.25) is 0 Å². The van der Waals surface area contributed by atoms with Crippen molar-refractivity contribution in [1.82, 2.24) is 14.7 Å². The summed E-state index contributed by atoms with van der Waals surface area (Å²) in [6.45, 7) is 6.61. The minimum atomic E-state index is 0.532. The standard InChI is InChI=1S/C12H22N4O/c1-10-7-16-12(6-11(14-16)9-17-2)8-15(10)5-3-4-13/h6,10H,3-5,7-9,13H2,1-2H3/t10-/m0/s1. The third kappa shape index (κ3) is 2.86. The van der Waals surface area contributed by atoms with Crippen LogP contribution < -0.4 is 5.73 Å². The number of hydrogen-bond acceptors (Lipinski definition) is 4. The largest absolute Gasteiger partial charge is 0.378 e. The first kappa shape index (κ1) is 12.5. The Morgan fingerprint density at radius 3 is 3.12 bits per heavy atom. The van der Waals surface area contributed by atoms with Crippen molar-refractivity contribution in [3.8, 4) is 0 Å². The van der Waals surface area contributed by atoms with Crippen molar-refractivity contribution in [3.63, 3.8) is 0 Å². The molecule has 1 aromatic heterocycles. The maximum Gasteiger partial charge on any atom is 0.0902 e. The monoisotopic (exact) mass is 238 g/mol. The van der Waals surface area contributed by atoms with Gasteiger partial charge >= 0.3 is 0 Å². The first-order valence-electron chi connectivity index (χ1n) is 6.23. The van der Waals surface area contributed by atoms with E-state index in [-0.39, 0.29) is 0 Å². The topological polar surface area (TPSA) is 56.3 Å². The smallest absolute Gasteiger partial charge is 0.0902 e. The Morgan fingerprint density at radius 1 is 1.59 bits per heavy atom. The molecular formula is C12H22N4O. The highest BCUT2D eigenvalue weighted by Gasteiger charge is 2.23. The van der Waals surface area contributed by atoms with Gasteiger partial charge in [-0.3, -0.25) is 9.58 Å². The van der Waals surface area contributed by atoms with Gasteiger partial charge in [-0.25, -0.2) is 0 Å². The summed E-state index contributed by atoms with van der Waals surface area (Å²) in [7, 11) is 1.70. The van der Waals surface area contributed by atoms with Crippen molar-refractivity contribution in [3.05, 3.63) is 17.5 Å². The van der Waals surface area contributed by atoms with Crippen LogP contribution in [0.15, 0.2) is 6.07 Å². The molecular weight excluding hydrogens is 216 g/mol. The molecule has 1 aliphatic heterocycles. The summed E-state index contributed by atoms with van der Waals surface area (Å²) >= 11 is 0. The molecule has 0 saturated heterocycles. The van der Waals surface area contributed by atoms with E-state index in [1.165, 1.54) is 5.69 Å². The van der Waals surface area contributed by atoms with Crippen LogP contribution in [0.3, 0.4) is 0 Å². The zero-order valence-corrected chi connectivity index (χ0v) is 10.7. The van der Waals surface area contributed by atoms with E-state index in [0.717, 1.165) is 38.3 Å². The Labute approximate surface area is 103 Å². The van der Waals surface area contributed by atoms with Gasteiger partial charge < -0.3 is 10.5 Å². The minimum Gasteiger partial charge on any atom is -0.378 e. The predicted molar refractivity (Wildman–Crippen MR) is 66.5 cm³/mol. The third-order valence-corrected chi connectivity index (χ3v) is 3.28. The summed E-state index contributed by atoms with van der Waals surface area (Å²) in [6, 6.07) is 2.68. The molecule has 1 atom stereocenters. The molecule has 0 bridgehead atoms. The molecule has 1 aromatic rings.